The SMILES string of the molecule is C=C(c1ccccc1)c1cc(NC(=O)OC(C)(C)C)ccc1Br. The van der Waals surface area contributed by atoms with Crippen LogP contribution in [0.15, 0.2) is 59.6 Å². The Morgan fingerprint density at radius 3 is 2.39 bits per heavy atom. The molecule has 0 radical (unpaired) electrons. The summed E-state index contributed by atoms with van der Waals surface area (Å²) in [6.07, 6.45) is -0.476. The minimum Gasteiger partial charge on any atom is -0.444 e. The summed E-state index contributed by atoms with van der Waals surface area (Å²) in [6, 6.07) is 15.5. The van der Waals surface area contributed by atoms with Crippen LogP contribution >= 0.6 is 15.9 Å². The summed E-state index contributed by atoms with van der Waals surface area (Å²) in [6.45, 7) is 9.65. The molecule has 0 saturated heterocycles. The van der Waals surface area contributed by atoms with Gasteiger partial charge in [0.15, 0.2) is 0 Å². The van der Waals surface area contributed by atoms with E-state index in [4.69, 9.17) is 4.74 Å². The normalized spacial score (nSPS) is 11.0. The number of halogens is 1. The minimum atomic E-state index is -0.532. The molecule has 0 aromatic heterocycles. The number of nitrogens with one attached hydrogen (secondary N) is 1. The molecule has 0 bridgehead atoms. The molecule has 3 nitrogen and oxygen atoms in total. The second-order valence-electron chi connectivity index (χ2n) is 6.17. The van der Waals surface area contributed by atoms with E-state index in [9.17, 15) is 4.79 Å². The molecule has 23 heavy (non-hydrogen) atoms. The Bertz CT molecular complexity index is 718. The second kappa shape index (κ2) is 7.01. The van der Waals surface area contributed by atoms with Crippen molar-refractivity contribution in [3.8, 4) is 0 Å². The number of rotatable bonds is 3. The lowest BCUT2D eigenvalue weighted by Gasteiger charge is -2.20. The summed E-state index contributed by atoms with van der Waals surface area (Å²) >= 11 is 3.54. The van der Waals surface area contributed by atoms with Crippen molar-refractivity contribution in [2.45, 2.75) is 26.4 Å². The fraction of sp³-hybridized carbons (Fsp3) is 0.211. The number of amides is 1. The van der Waals surface area contributed by atoms with Gasteiger partial charge in [-0.2, -0.15) is 0 Å². The lowest BCUT2D eigenvalue weighted by molar-refractivity contribution is 0.0636. The predicted octanol–water partition coefficient (Wildman–Crippen LogP) is 5.86. The van der Waals surface area contributed by atoms with Gasteiger partial charge in [0.25, 0.3) is 0 Å². The average Bonchev–Trinajstić information content (AvgIpc) is 2.47. The van der Waals surface area contributed by atoms with Crippen molar-refractivity contribution in [3.05, 3.63) is 70.7 Å². The van der Waals surface area contributed by atoms with Gasteiger partial charge in [-0.3, -0.25) is 5.32 Å². The number of ether oxygens (including phenoxy) is 1. The molecule has 1 amide bonds. The van der Waals surface area contributed by atoms with E-state index in [1.807, 2.05) is 69.3 Å². The molecule has 0 spiro atoms. The first kappa shape index (κ1) is 17.3. The third kappa shape index (κ3) is 4.96. The van der Waals surface area contributed by atoms with E-state index in [0.29, 0.717) is 5.69 Å². The van der Waals surface area contributed by atoms with Crippen molar-refractivity contribution in [2.75, 3.05) is 5.32 Å². The highest BCUT2D eigenvalue weighted by atomic mass is 79.9. The molecule has 4 heteroatoms. The van der Waals surface area contributed by atoms with Crippen LogP contribution in [-0.4, -0.2) is 11.7 Å². The van der Waals surface area contributed by atoms with E-state index in [0.717, 1.165) is 21.2 Å². The van der Waals surface area contributed by atoms with Crippen LogP contribution in [-0.2, 0) is 4.74 Å². The Kier molecular flexibility index (Phi) is 5.26. The molecular formula is C19H20BrNO2. The quantitative estimate of drug-likeness (QED) is 0.731. The Morgan fingerprint density at radius 2 is 1.78 bits per heavy atom. The molecule has 0 aliphatic rings. The van der Waals surface area contributed by atoms with E-state index < -0.39 is 11.7 Å². The van der Waals surface area contributed by atoms with Gasteiger partial charge >= 0.3 is 6.09 Å². The van der Waals surface area contributed by atoms with Crippen molar-refractivity contribution in [1.29, 1.82) is 0 Å². The molecule has 0 heterocycles. The number of benzene rings is 2. The Balaban J connectivity index is 2.23. The molecule has 120 valence electrons. The minimum absolute atomic E-state index is 0.476. The van der Waals surface area contributed by atoms with Gasteiger partial charge in [-0.15, -0.1) is 0 Å². The standard InChI is InChI=1S/C19H20BrNO2/c1-13(14-8-6-5-7-9-14)16-12-15(10-11-17(16)20)21-18(22)23-19(2,3)4/h5-12H,1H2,2-4H3,(H,21,22). The van der Waals surface area contributed by atoms with Crippen LogP contribution in [0.25, 0.3) is 5.57 Å². The van der Waals surface area contributed by atoms with Crippen molar-refractivity contribution in [3.63, 3.8) is 0 Å². The summed E-state index contributed by atoms with van der Waals surface area (Å²) in [4.78, 5) is 11.9. The maximum Gasteiger partial charge on any atom is 0.412 e. The van der Waals surface area contributed by atoms with Crippen LogP contribution in [0, 0.1) is 0 Å². The number of anilines is 1. The van der Waals surface area contributed by atoms with Crippen molar-refractivity contribution in [2.24, 2.45) is 0 Å². The van der Waals surface area contributed by atoms with E-state index in [2.05, 4.69) is 27.8 Å². The first-order chi connectivity index (χ1) is 10.8. The summed E-state index contributed by atoms with van der Waals surface area (Å²) < 4.78 is 6.19. The molecule has 0 aliphatic carbocycles. The zero-order valence-electron chi connectivity index (χ0n) is 13.5. The zero-order valence-corrected chi connectivity index (χ0v) is 15.1. The Labute approximate surface area is 145 Å². The molecule has 0 atom stereocenters. The molecular weight excluding hydrogens is 354 g/mol. The topological polar surface area (TPSA) is 38.3 Å². The van der Waals surface area contributed by atoms with E-state index in [1.54, 1.807) is 0 Å². The zero-order chi connectivity index (χ0) is 17.0. The van der Waals surface area contributed by atoms with Crippen molar-refractivity contribution in [1.82, 2.24) is 0 Å². The molecule has 0 fully saturated rings. The molecule has 2 aromatic rings. The third-order valence-corrected chi connectivity index (χ3v) is 3.75. The van der Waals surface area contributed by atoms with Gasteiger partial charge in [-0.1, -0.05) is 52.8 Å². The smallest absolute Gasteiger partial charge is 0.412 e. The highest BCUT2D eigenvalue weighted by Gasteiger charge is 2.16. The van der Waals surface area contributed by atoms with Gasteiger partial charge in [0.1, 0.15) is 5.60 Å². The van der Waals surface area contributed by atoms with E-state index in [-0.39, 0.29) is 0 Å². The van der Waals surface area contributed by atoms with Crippen molar-refractivity contribution >= 4 is 33.3 Å². The molecule has 0 saturated carbocycles. The maximum atomic E-state index is 11.9. The summed E-state index contributed by atoms with van der Waals surface area (Å²) in [5.41, 5.74) is 2.96. The summed E-state index contributed by atoms with van der Waals surface area (Å²) in [5.74, 6) is 0. The molecule has 2 rings (SSSR count). The van der Waals surface area contributed by atoms with Gasteiger partial charge in [-0.25, -0.2) is 4.79 Å². The van der Waals surface area contributed by atoms with E-state index >= 15 is 0 Å². The fourth-order valence-corrected chi connectivity index (χ4v) is 2.54. The van der Waals surface area contributed by atoms with Gasteiger partial charge in [-0.05, 0) is 55.7 Å². The highest BCUT2D eigenvalue weighted by Crippen LogP contribution is 2.30. The third-order valence-electron chi connectivity index (χ3n) is 3.06. The molecule has 0 aliphatic heterocycles. The van der Waals surface area contributed by atoms with Crippen LogP contribution in [0.4, 0.5) is 10.5 Å². The Morgan fingerprint density at radius 1 is 1.13 bits per heavy atom. The average molecular weight is 374 g/mol. The first-order valence-corrected chi connectivity index (χ1v) is 8.10. The van der Waals surface area contributed by atoms with Crippen LogP contribution in [0.5, 0.6) is 0 Å². The predicted molar refractivity (Wildman–Crippen MR) is 98.6 cm³/mol. The molecule has 2 aromatic carbocycles. The lowest BCUT2D eigenvalue weighted by Crippen LogP contribution is -2.27. The lowest BCUT2D eigenvalue weighted by atomic mass is 9.99. The van der Waals surface area contributed by atoms with Crippen LogP contribution in [0.1, 0.15) is 31.9 Å². The van der Waals surface area contributed by atoms with Crippen LogP contribution in [0.2, 0.25) is 0 Å². The van der Waals surface area contributed by atoms with E-state index in [1.165, 1.54) is 0 Å². The molecule has 1 N–H and O–H groups in total. The van der Waals surface area contributed by atoms with Crippen LogP contribution < -0.4 is 5.32 Å². The first-order valence-electron chi connectivity index (χ1n) is 7.30. The van der Waals surface area contributed by atoms with Gasteiger partial charge < -0.3 is 4.74 Å². The number of carbonyl (C=O) groups excluding carboxylic acids is 1. The highest BCUT2D eigenvalue weighted by molar-refractivity contribution is 9.10. The van der Waals surface area contributed by atoms with Crippen molar-refractivity contribution < 1.29 is 9.53 Å². The monoisotopic (exact) mass is 373 g/mol. The Hall–Kier alpha value is -2.07. The van der Waals surface area contributed by atoms with Crippen LogP contribution in [0.3, 0.4) is 0 Å². The second-order valence-corrected chi connectivity index (χ2v) is 7.02. The van der Waals surface area contributed by atoms with Gasteiger partial charge in [0.05, 0.1) is 0 Å². The number of carbonyl (C=O) groups is 1. The summed E-state index contributed by atoms with van der Waals surface area (Å²) in [5, 5.41) is 2.75. The fourth-order valence-electron chi connectivity index (χ4n) is 2.05. The number of hydrogen-bond acceptors (Lipinski definition) is 2. The summed E-state index contributed by atoms with van der Waals surface area (Å²) in [7, 11) is 0. The number of hydrogen-bond donors (Lipinski definition) is 1. The van der Waals surface area contributed by atoms with Gasteiger partial charge in [0.2, 0.25) is 0 Å². The maximum absolute atomic E-state index is 11.9. The largest absolute Gasteiger partial charge is 0.444 e. The molecule has 0 unspecified atom stereocenters. The van der Waals surface area contributed by atoms with Gasteiger partial charge in [0, 0.05) is 10.2 Å².